The number of anilines is 1. The summed E-state index contributed by atoms with van der Waals surface area (Å²) in [6.07, 6.45) is 11.4. The lowest BCUT2D eigenvalue weighted by Crippen LogP contribution is -2.34. The minimum absolute atomic E-state index is 0.672. The van der Waals surface area contributed by atoms with Crippen LogP contribution in [0.25, 0.3) is 0 Å². The molecule has 1 N–H and O–H groups in total. The minimum Gasteiger partial charge on any atom is -0.494 e. The van der Waals surface area contributed by atoms with Crippen molar-refractivity contribution in [1.82, 2.24) is 14.9 Å². The summed E-state index contributed by atoms with van der Waals surface area (Å²) >= 11 is 0. The standard InChI is InChI=1S/C15H26N4O/c1-19(13-7-4-3-5-8-13)10-6-9-16-15-17-11-14(20-2)12-18-15/h11-13H,3-10H2,1-2H3,(H,16,17,18). The van der Waals surface area contributed by atoms with E-state index in [-0.39, 0.29) is 0 Å². The number of ether oxygens (including phenoxy) is 1. The molecule has 0 spiro atoms. The van der Waals surface area contributed by atoms with E-state index in [0.29, 0.717) is 11.7 Å². The summed E-state index contributed by atoms with van der Waals surface area (Å²) in [5, 5.41) is 3.25. The van der Waals surface area contributed by atoms with Gasteiger partial charge in [0, 0.05) is 12.6 Å². The summed E-state index contributed by atoms with van der Waals surface area (Å²) in [6, 6.07) is 0.793. The number of hydrogen-bond donors (Lipinski definition) is 1. The van der Waals surface area contributed by atoms with Crippen molar-refractivity contribution >= 4 is 5.95 Å². The summed E-state index contributed by atoms with van der Waals surface area (Å²) in [7, 11) is 3.87. The van der Waals surface area contributed by atoms with Gasteiger partial charge >= 0.3 is 0 Å². The van der Waals surface area contributed by atoms with E-state index in [0.717, 1.165) is 25.6 Å². The van der Waals surface area contributed by atoms with E-state index in [1.54, 1.807) is 19.5 Å². The monoisotopic (exact) mass is 278 g/mol. The van der Waals surface area contributed by atoms with Gasteiger partial charge in [-0.15, -0.1) is 0 Å². The van der Waals surface area contributed by atoms with Crippen LogP contribution in [0.3, 0.4) is 0 Å². The molecule has 0 amide bonds. The first kappa shape index (κ1) is 15.0. The lowest BCUT2D eigenvalue weighted by Gasteiger charge is -2.31. The highest BCUT2D eigenvalue weighted by atomic mass is 16.5. The maximum atomic E-state index is 5.03. The molecule has 1 aliphatic carbocycles. The predicted molar refractivity (Wildman–Crippen MR) is 81.2 cm³/mol. The molecular weight excluding hydrogens is 252 g/mol. The maximum Gasteiger partial charge on any atom is 0.222 e. The van der Waals surface area contributed by atoms with Gasteiger partial charge in [0.15, 0.2) is 5.75 Å². The van der Waals surface area contributed by atoms with E-state index in [1.165, 1.54) is 32.1 Å². The van der Waals surface area contributed by atoms with Gasteiger partial charge in [-0.05, 0) is 32.9 Å². The zero-order valence-corrected chi connectivity index (χ0v) is 12.6. The lowest BCUT2D eigenvalue weighted by atomic mass is 9.94. The topological polar surface area (TPSA) is 50.3 Å². The van der Waals surface area contributed by atoms with Crippen molar-refractivity contribution < 1.29 is 4.74 Å². The number of rotatable bonds is 7. The fourth-order valence-corrected chi connectivity index (χ4v) is 2.75. The number of nitrogens with zero attached hydrogens (tertiary/aromatic N) is 3. The second-order valence-electron chi connectivity index (χ2n) is 5.50. The Labute approximate surface area is 121 Å². The molecule has 0 atom stereocenters. The average molecular weight is 278 g/mol. The molecule has 2 rings (SSSR count). The third-order valence-corrected chi connectivity index (χ3v) is 4.03. The third-order valence-electron chi connectivity index (χ3n) is 4.03. The fraction of sp³-hybridized carbons (Fsp3) is 0.733. The highest BCUT2D eigenvalue weighted by Gasteiger charge is 2.17. The van der Waals surface area contributed by atoms with Crippen molar-refractivity contribution in [2.24, 2.45) is 0 Å². The van der Waals surface area contributed by atoms with E-state index in [1.807, 2.05) is 0 Å². The lowest BCUT2D eigenvalue weighted by molar-refractivity contribution is 0.191. The van der Waals surface area contributed by atoms with Crippen LogP contribution in [0.4, 0.5) is 5.95 Å². The Bertz CT molecular complexity index is 376. The van der Waals surface area contributed by atoms with E-state index in [9.17, 15) is 0 Å². The molecule has 0 aromatic carbocycles. The van der Waals surface area contributed by atoms with Crippen molar-refractivity contribution in [2.75, 3.05) is 32.6 Å². The van der Waals surface area contributed by atoms with Crippen molar-refractivity contribution in [3.63, 3.8) is 0 Å². The van der Waals surface area contributed by atoms with Gasteiger partial charge in [0.05, 0.1) is 19.5 Å². The SMILES string of the molecule is COc1cnc(NCCCN(C)C2CCCCC2)nc1. The Morgan fingerprint density at radius 2 is 1.95 bits per heavy atom. The zero-order chi connectivity index (χ0) is 14.2. The van der Waals surface area contributed by atoms with Crippen LogP contribution in [0, 0.1) is 0 Å². The van der Waals surface area contributed by atoms with Gasteiger partial charge < -0.3 is 15.0 Å². The Morgan fingerprint density at radius 1 is 1.25 bits per heavy atom. The molecule has 1 aliphatic rings. The third kappa shape index (κ3) is 4.63. The van der Waals surface area contributed by atoms with E-state index in [2.05, 4.69) is 27.2 Å². The summed E-state index contributed by atoms with van der Waals surface area (Å²) in [5.41, 5.74) is 0. The first-order chi connectivity index (χ1) is 9.79. The van der Waals surface area contributed by atoms with Crippen molar-refractivity contribution in [3.8, 4) is 5.75 Å². The molecule has 1 aromatic rings. The van der Waals surface area contributed by atoms with Crippen LogP contribution in [0.5, 0.6) is 5.75 Å². The summed E-state index contributed by atoms with van der Waals surface area (Å²) in [5.74, 6) is 1.36. The normalized spacial score (nSPS) is 16.4. The molecule has 0 aliphatic heterocycles. The Hall–Kier alpha value is -1.36. The molecule has 0 saturated heterocycles. The zero-order valence-electron chi connectivity index (χ0n) is 12.6. The number of aromatic nitrogens is 2. The molecule has 5 heteroatoms. The van der Waals surface area contributed by atoms with Gasteiger partial charge in [-0.3, -0.25) is 0 Å². The summed E-state index contributed by atoms with van der Waals surface area (Å²) in [4.78, 5) is 10.9. The highest BCUT2D eigenvalue weighted by Crippen LogP contribution is 2.21. The highest BCUT2D eigenvalue weighted by molar-refractivity contribution is 5.26. The maximum absolute atomic E-state index is 5.03. The first-order valence-corrected chi connectivity index (χ1v) is 7.60. The largest absolute Gasteiger partial charge is 0.494 e. The molecule has 5 nitrogen and oxygen atoms in total. The second kappa shape index (κ2) is 8.04. The molecule has 1 saturated carbocycles. The first-order valence-electron chi connectivity index (χ1n) is 7.60. The number of nitrogens with one attached hydrogen (secondary N) is 1. The molecule has 1 aromatic heterocycles. The summed E-state index contributed by atoms with van der Waals surface area (Å²) in [6.45, 7) is 2.04. The number of methoxy groups -OCH3 is 1. The van der Waals surface area contributed by atoms with Crippen LogP contribution in [-0.2, 0) is 0 Å². The van der Waals surface area contributed by atoms with Gasteiger partial charge in [0.1, 0.15) is 0 Å². The van der Waals surface area contributed by atoms with Crippen LogP contribution in [0.1, 0.15) is 38.5 Å². The molecule has 0 bridgehead atoms. The Balaban J connectivity index is 1.62. The van der Waals surface area contributed by atoms with Gasteiger partial charge in [-0.25, -0.2) is 9.97 Å². The quantitative estimate of drug-likeness (QED) is 0.777. The van der Waals surface area contributed by atoms with E-state index >= 15 is 0 Å². The Kier molecular flexibility index (Phi) is 6.05. The molecule has 0 radical (unpaired) electrons. The van der Waals surface area contributed by atoms with E-state index in [4.69, 9.17) is 4.74 Å². The Morgan fingerprint density at radius 3 is 2.60 bits per heavy atom. The van der Waals surface area contributed by atoms with Crippen molar-refractivity contribution in [2.45, 2.75) is 44.6 Å². The van der Waals surface area contributed by atoms with Crippen LogP contribution < -0.4 is 10.1 Å². The molecule has 0 unspecified atom stereocenters. The molecule has 1 heterocycles. The van der Waals surface area contributed by atoms with Crippen molar-refractivity contribution in [3.05, 3.63) is 12.4 Å². The van der Waals surface area contributed by atoms with E-state index < -0.39 is 0 Å². The molecule has 20 heavy (non-hydrogen) atoms. The van der Waals surface area contributed by atoms with Crippen LogP contribution in [-0.4, -0.2) is 48.2 Å². The fourth-order valence-electron chi connectivity index (χ4n) is 2.75. The minimum atomic E-state index is 0.672. The van der Waals surface area contributed by atoms with Gasteiger partial charge in [0.25, 0.3) is 0 Å². The molecule has 1 fully saturated rings. The predicted octanol–water partition coefficient (Wildman–Crippen LogP) is 2.55. The van der Waals surface area contributed by atoms with Gasteiger partial charge in [-0.2, -0.15) is 0 Å². The van der Waals surface area contributed by atoms with Gasteiger partial charge in [0.2, 0.25) is 5.95 Å². The van der Waals surface area contributed by atoms with Crippen LogP contribution in [0.15, 0.2) is 12.4 Å². The molecular formula is C15H26N4O. The molecule has 112 valence electrons. The van der Waals surface area contributed by atoms with Gasteiger partial charge in [-0.1, -0.05) is 19.3 Å². The number of hydrogen-bond acceptors (Lipinski definition) is 5. The smallest absolute Gasteiger partial charge is 0.222 e. The van der Waals surface area contributed by atoms with Crippen molar-refractivity contribution in [1.29, 1.82) is 0 Å². The summed E-state index contributed by atoms with van der Waals surface area (Å²) < 4.78 is 5.03. The average Bonchev–Trinajstić information content (AvgIpc) is 2.53. The second-order valence-corrected chi connectivity index (χ2v) is 5.50. The van der Waals surface area contributed by atoms with Crippen LogP contribution in [0.2, 0.25) is 0 Å². The van der Waals surface area contributed by atoms with Crippen LogP contribution >= 0.6 is 0 Å².